The van der Waals surface area contributed by atoms with Crippen LogP contribution in [0.25, 0.3) is 0 Å². The minimum absolute atomic E-state index is 0.0256. The number of urea groups is 2. The normalized spacial score (nSPS) is 13.5. The molecule has 9 rings (SSSR count). The number of carbonyl (C=O) groups excluding carboxylic acids is 3. The number of nitriles is 4. The highest BCUT2D eigenvalue weighted by molar-refractivity contribution is 6.31. The van der Waals surface area contributed by atoms with Gasteiger partial charge >= 0.3 is 12.1 Å². The minimum atomic E-state index is -0.833. The zero-order chi connectivity index (χ0) is 69.6. The van der Waals surface area contributed by atoms with Gasteiger partial charge in [0, 0.05) is 155 Å². The van der Waals surface area contributed by atoms with Crippen LogP contribution in [0, 0.1) is 81.5 Å². The number of nitro groups is 3. The van der Waals surface area contributed by atoms with Gasteiger partial charge in [-0.15, -0.1) is 0 Å². The van der Waals surface area contributed by atoms with Crippen molar-refractivity contribution in [1.82, 2.24) is 24.9 Å². The van der Waals surface area contributed by atoms with Crippen LogP contribution < -0.4 is 25.8 Å². The van der Waals surface area contributed by atoms with Gasteiger partial charge in [0.2, 0.25) is 0 Å². The van der Waals surface area contributed by atoms with E-state index in [0.717, 1.165) is 63.4 Å². The Kier molecular flexibility index (Phi) is 35.7. The van der Waals surface area contributed by atoms with Crippen LogP contribution in [0.4, 0.5) is 53.8 Å². The van der Waals surface area contributed by atoms with Gasteiger partial charge in [-0.2, -0.15) is 21.0 Å². The van der Waals surface area contributed by atoms with Crippen LogP contribution in [-0.2, 0) is 4.79 Å². The van der Waals surface area contributed by atoms with Gasteiger partial charge < -0.3 is 55.6 Å². The van der Waals surface area contributed by atoms with Gasteiger partial charge in [0.25, 0.3) is 23.0 Å². The summed E-state index contributed by atoms with van der Waals surface area (Å²) in [4.78, 5) is 85.7. The van der Waals surface area contributed by atoms with Crippen LogP contribution in [0.5, 0.6) is 0 Å². The lowest BCUT2D eigenvalue weighted by Crippen LogP contribution is -2.51. The topological polar surface area (TPSA) is 394 Å². The molecule has 0 aliphatic carbocycles. The van der Waals surface area contributed by atoms with E-state index in [-0.39, 0.29) is 57.7 Å². The number of aliphatic carboxylic acids is 1. The molecule has 93 heavy (non-hydrogen) atoms. The van der Waals surface area contributed by atoms with Crippen molar-refractivity contribution in [3.8, 4) is 24.3 Å². The van der Waals surface area contributed by atoms with Gasteiger partial charge in [-0.1, -0.05) is 18.0 Å². The monoisotopic (exact) mass is 1300 g/mol. The molecular formula is C63H78ClFN16O12. The first-order chi connectivity index (χ1) is 44.3. The Morgan fingerprint density at radius 3 is 1.24 bits per heavy atom. The standard InChI is InChI=1S/C14H17N5O3.C14H19N5O.C12H13N3O2.C7H3ClN2O2.C7H5FO.C5H11N.C2H4O2.C2H6O/c1-16(2)14(20)18-7-5-17(6-8-18)13-4-3-12(19(21)22)9-11(13)10-15;1-17(2)14(20)19-7-5-18(6-8-19)13-4-3-12(16)9-11(13)10-15;13-9-10-8-11(15(16)17)4-5-12(10)14-6-2-1-3-7-14;8-7-2-1-6(10(11)12)3-5(7)4-9;8-7-3-1-6(5-9)2-4-7;1-2-4-6-5-3-1;1-2(3)4;1-2-3/h3-4,9H,5-8H2,1-2H3;3-4,9H,5-8,16H2,1-2H3;4-5,8H,1-3,6-7H2;1-3H;1-5H;6H,1-5H2;1H3,(H,3,4);3H,2H2,1H3. The Morgan fingerprint density at radius 2 is 0.914 bits per heavy atom. The predicted octanol–water partition coefficient (Wildman–Crippen LogP) is 9.28. The summed E-state index contributed by atoms with van der Waals surface area (Å²) in [6.45, 7) is 12.4. The van der Waals surface area contributed by atoms with Gasteiger partial charge in [0.05, 0.1) is 59.1 Å². The molecule has 4 saturated heterocycles. The van der Waals surface area contributed by atoms with Crippen molar-refractivity contribution < 1.29 is 48.6 Å². The summed E-state index contributed by atoms with van der Waals surface area (Å²) in [6.07, 6.45) is 8.33. The Hall–Kier alpha value is -10.7. The Labute approximate surface area is 544 Å². The van der Waals surface area contributed by atoms with E-state index in [1.54, 1.807) is 75.2 Å². The zero-order valence-electron chi connectivity index (χ0n) is 52.8. The van der Waals surface area contributed by atoms with Gasteiger partial charge in [-0.25, -0.2) is 14.0 Å². The number of carbonyl (C=O) groups is 4. The van der Waals surface area contributed by atoms with Crippen molar-refractivity contribution in [3.63, 3.8) is 0 Å². The average Bonchev–Trinajstić information content (AvgIpc) is 1.32. The largest absolute Gasteiger partial charge is 0.481 e. The number of halogens is 2. The molecular weight excluding hydrogens is 1230 g/mol. The van der Waals surface area contributed by atoms with Gasteiger partial charge in [0.15, 0.2) is 0 Å². The number of hydrogen-bond acceptors (Lipinski definition) is 20. The summed E-state index contributed by atoms with van der Waals surface area (Å²) in [7, 11) is 6.92. The maximum absolute atomic E-state index is 12.1. The lowest BCUT2D eigenvalue weighted by molar-refractivity contribution is -0.385. The smallest absolute Gasteiger partial charge is 0.319 e. The molecule has 0 unspecified atom stereocenters. The van der Waals surface area contributed by atoms with Crippen LogP contribution in [0.15, 0.2) is 97.1 Å². The first kappa shape index (κ1) is 78.4. The fourth-order valence-electron chi connectivity index (χ4n) is 8.96. The maximum Gasteiger partial charge on any atom is 0.319 e. The quantitative estimate of drug-likeness (QED) is 0.0510. The number of nitrogen functional groups attached to an aromatic ring is 1. The average molecular weight is 1310 g/mol. The number of nitro benzene ring substituents is 3. The maximum atomic E-state index is 12.1. The molecule has 4 fully saturated rings. The van der Waals surface area contributed by atoms with E-state index in [0.29, 0.717) is 73.6 Å². The highest BCUT2D eigenvalue weighted by atomic mass is 35.5. The summed E-state index contributed by atoms with van der Waals surface area (Å²) < 4.78 is 12.1. The highest BCUT2D eigenvalue weighted by Crippen LogP contribution is 2.29. The molecule has 0 radical (unpaired) electrons. The number of aldehydes is 1. The second-order valence-corrected chi connectivity index (χ2v) is 21.1. The lowest BCUT2D eigenvalue weighted by atomic mass is 10.1. The summed E-state index contributed by atoms with van der Waals surface area (Å²) in [6, 6.07) is 31.2. The molecule has 4 aliphatic heterocycles. The lowest BCUT2D eigenvalue weighted by Gasteiger charge is -2.37. The van der Waals surface area contributed by atoms with Crippen LogP contribution in [-0.4, -0.2) is 182 Å². The fourth-order valence-corrected chi connectivity index (χ4v) is 9.12. The van der Waals surface area contributed by atoms with Gasteiger partial charge in [0.1, 0.15) is 36.4 Å². The number of anilines is 4. The molecule has 0 spiro atoms. The van der Waals surface area contributed by atoms with Crippen LogP contribution in [0.1, 0.15) is 85.0 Å². The van der Waals surface area contributed by atoms with E-state index in [1.165, 1.54) is 104 Å². The van der Waals surface area contributed by atoms with E-state index < -0.39 is 20.7 Å². The van der Waals surface area contributed by atoms with Crippen LogP contribution >= 0.6 is 11.6 Å². The number of carboxylic acid groups (broad SMARTS) is 1. The molecule has 0 bridgehead atoms. The first-order valence-electron chi connectivity index (χ1n) is 29.2. The summed E-state index contributed by atoms with van der Waals surface area (Å²) in [5.74, 6) is -1.15. The number of nitrogens with zero attached hydrogens (tertiary/aromatic N) is 14. The molecule has 4 aliphatic rings. The third kappa shape index (κ3) is 27.9. The first-order valence-corrected chi connectivity index (χ1v) is 29.6. The van der Waals surface area contributed by atoms with Gasteiger partial charge in [-0.05, 0) is 113 Å². The fraction of sp³-hybridized carbons (Fsp3) is 0.397. The van der Waals surface area contributed by atoms with Crippen LogP contribution in [0.2, 0.25) is 5.02 Å². The molecule has 496 valence electrons. The number of amides is 4. The molecule has 0 atom stereocenters. The number of aliphatic hydroxyl groups is 1. The molecule has 4 amide bonds. The number of nitrogens with two attached hydrogens (primary N) is 1. The van der Waals surface area contributed by atoms with E-state index in [4.69, 9.17) is 42.9 Å². The molecule has 5 aromatic carbocycles. The summed E-state index contributed by atoms with van der Waals surface area (Å²) in [5.41, 5.74) is 10.3. The van der Waals surface area contributed by atoms with Crippen molar-refractivity contribution in [1.29, 1.82) is 21.0 Å². The predicted molar refractivity (Wildman–Crippen MR) is 350 cm³/mol. The number of aliphatic hydroxyl groups excluding tert-OH is 1. The molecule has 0 aromatic heterocycles. The van der Waals surface area contributed by atoms with E-state index in [2.05, 4.69) is 21.2 Å². The van der Waals surface area contributed by atoms with E-state index >= 15 is 0 Å². The van der Waals surface area contributed by atoms with Crippen molar-refractivity contribution in [2.24, 2.45) is 0 Å². The molecule has 4 heterocycles. The number of piperidine rings is 2. The summed E-state index contributed by atoms with van der Waals surface area (Å²) in [5, 5.41) is 86.0. The minimum Gasteiger partial charge on any atom is -0.481 e. The highest BCUT2D eigenvalue weighted by Gasteiger charge is 2.26. The number of carboxylic acids is 1. The number of piperazine rings is 2. The third-order valence-electron chi connectivity index (χ3n) is 13.5. The van der Waals surface area contributed by atoms with E-state index in [9.17, 15) is 59.6 Å². The van der Waals surface area contributed by atoms with Crippen molar-refractivity contribution >= 4 is 75.7 Å². The number of hydrogen-bond donors (Lipinski definition) is 4. The number of benzene rings is 5. The molecule has 30 heteroatoms. The molecule has 0 saturated carbocycles. The second-order valence-electron chi connectivity index (χ2n) is 20.7. The Balaban J connectivity index is 0.000000385. The number of nitrogens with one attached hydrogen (secondary N) is 1. The molecule has 28 nitrogen and oxygen atoms in total. The Bertz CT molecular complexity index is 3420. The Morgan fingerprint density at radius 1 is 0.581 bits per heavy atom. The number of non-ortho nitro benzene ring substituents is 3. The third-order valence-corrected chi connectivity index (χ3v) is 13.8. The van der Waals surface area contributed by atoms with Crippen molar-refractivity contribution in [2.45, 2.75) is 52.4 Å². The van der Waals surface area contributed by atoms with Gasteiger partial charge in [-0.3, -0.25) is 39.9 Å². The van der Waals surface area contributed by atoms with Crippen molar-refractivity contribution in [2.75, 3.05) is 134 Å². The second kappa shape index (κ2) is 42.3. The van der Waals surface area contributed by atoms with Crippen molar-refractivity contribution in [3.05, 3.63) is 166 Å². The van der Waals surface area contributed by atoms with Crippen LogP contribution in [0.3, 0.4) is 0 Å². The molecule has 5 aromatic rings. The number of rotatable bonds is 7. The summed E-state index contributed by atoms with van der Waals surface area (Å²) >= 11 is 5.56. The SMILES string of the molecule is C1CCNCC1.CC(=O)O.CCO.CN(C)C(=O)N1CCN(c2ccc(N)cc2C#N)CC1.CN(C)C(=O)N1CCN(c2ccc([N+](=O)[O-])cc2C#N)CC1.N#Cc1cc([N+](=O)[O-])ccc1Cl.N#Cc1cc([N+](=O)[O-])ccc1N1CCCCC1.O=Cc1ccc(F)cc1. The molecule has 5 N–H and O–H groups in total. The van der Waals surface area contributed by atoms with E-state index in [1.807, 2.05) is 28.0 Å². The zero-order valence-corrected chi connectivity index (χ0v) is 53.6.